The Morgan fingerprint density at radius 1 is 1.36 bits per heavy atom. The van der Waals surface area contributed by atoms with E-state index in [9.17, 15) is 9.59 Å². The number of hydrogen-bond donors (Lipinski definition) is 0. The Morgan fingerprint density at radius 3 is 2.80 bits per heavy atom. The standard InChI is InChI=1S/C18H21N3O4/c1-12(17-19-13(2)20-25-17)24-18(23)15-9-6-10-21(15)16(22)11-14-7-4-3-5-8-14/h3-5,7-8,12,15H,6,9-11H2,1-2H3/t12-,15+/m0/s1. The van der Waals surface area contributed by atoms with Crippen molar-refractivity contribution in [3.63, 3.8) is 0 Å². The van der Waals surface area contributed by atoms with Crippen LogP contribution in [0.2, 0.25) is 0 Å². The minimum atomic E-state index is -0.639. The summed E-state index contributed by atoms with van der Waals surface area (Å²) < 4.78 is 10.5. The average molecular weight is 343 g/mol. The van der Waals surface area contributed by atoms with Crippen molar-refractivity contribution in [2.45, 2.75) is 45.3 Å². The molecule has 0 unspecified atom stereocenters. The zero-order chi connectivity index (χ0) is 17.8. The number of esters is 1. The summed E-state index contributed by atoms with van der Waals surface area (Å²) in [6.45, 7) is 3.94. The van der Waals surface area contributed by atoms with Crippen molar-refractivity contribution in [1.29, 1.82) is 0 Å². The summed E-state index contributed by atoms with van der Waals surface area (Å²) in [7, 11) is 0. The van der Waals surface area contributed by atoms with Crippen LogP contribution in [0.5, 0.6) is 0 Å². The van der Waals surface area contributed by atoms with E-state index in [1.54, 1.807) is 18.7 Å². The number of nitrogens with zero attached hydrogens (tertiary/aromatic N) is 3. The Bertz CT molecular complexity index is 744. The van der Waals surface area contributed by atoms with Gasteiger partial charge in [0.05, 0.1) is 6.42 Å². The van der Waals surface area contributed by atoms with Gasteiger partial charge in [0.1, 0.15) is 6.04 Å². The van der Waals surface area contributed by atoms with Crippen LogP contribution in [0.3, 0.4) is 0 Å². The summed E-state index contributed by atoms with van der Waals surface area (Å²) in [6.07, 6.45) is 1.03. The molecule has 2 atom stereocenters. The van der Waals surface area contributed by atoms with Crippen molar-refractivity contribution in [1.82, 2.24) is 15.0 Å². The maximum Gasteiger partial charge on any atom is 0.329 e. The molecule has 7 heteroatoms. The van der Waals surface area contributed by atoms with Gasteiger partial charge in [0.25, 0.3) is 5.89 Å². The molecule has 3 rings (SSSR count). The van der Waals surface area contributed by atoms with Gasteiger partial charge in [0, 0.05) is 6.54 Å². The molecule has 7 nitrogen and oxygen atoms in total. The van der Waals surface area contributed by atoms with Gasteiger partial charge in [-0.05, 0) is 32.3 Å². The molecule has 132 valence electrons. The van der Waals surface area contributed by atoms with E-state index in [1.165, 1.54) is 0 Å². The normalized spacial score (nSPS) is 18.2. The Kier molecular flexibility index (Phi) is 5.11. The number of aromatic nitrogens is 2. The number of rotatable bonds is 5. The molecule has 0 saturated carbocycles. The molecule has 1 aliphatic rings. The molecule has 0 bridgehead atoms. The van der Waals surface area contributed by atoms with E-state index in [2.05, 4.69) is 10.1 Å². The summed E-state index contributed by atoms with van der Waals surface area (Å²) in [6, 6.07) is 8.95. The molecule has 0 aliphatic carbocycles. The van der Waals surface area contributed by atoms with E-state index >= 15 is 0 Å². The predicted octanol–water partition coefficient (Wildman–Crippen LogP) is 2.22. The molecule has 2 heterocycles. The Balaban J connectivity index is 1.62. The van der Waals surface area contributed by atoms with E-state index < -0.39 is 18.1 Å². The van der Waals surface area contributed by atoms with Crippen molar-refractivity contribution >= 4 is 11.9 Å². The fourth-order valence-electron chi connectivity index (χ4n) is 2.96. The van der Waals surface area contributed by atoms with Gasteiger partial charge >= 0.3 is 5.97 Å². The molecular weight excluding hydrogens is 322 g/mol. The number of likely N-dealkylation sites (tertiary alicyclic amines) is 1. The third-order valence-electron chi connectivity index (χ3n) is 4.23. The lowest BCUT2D eigenvalue weighted by Gasteiger charge is -2.24. The number of carbonyl (C=O) groups is 2. The maximum absolute atomic E-state index is 12.6. The summed E-state index contributed by atoms with van der Waals surface area (Å²) in [5, 5.41) is 3.69. The van der Waals surface area contributed by atoms with Crippen LogP contribution < -0.4 is 0 Å². The van der Waals surface area contributed by atoms with Crippen LogP contribution in [0.1, 0.15) is 43.1 Å². The van der Waals surface area contributed by atoms with Crippen molar-refractivity contribution < 1.29 is 18.8 Å². The monoisotopic (exact) mass is 343 g/mol. The second-order valence-corrected chi connectivity index (χ2v) is 6.17. The van der Waals surface area contributed by atoms with Gasteiger partial charge in [-0.25, -0.2) is 4.79 Å². The highest BCUT2D eigenvalue weighted by molar-refractivity contribution is 5.86. The second kappa shape index (κ2) is 7.46. The fraction of sp³-hybridized carbons (Fsp3) is 0.444. The molecule has 1 saturated heterocycles. The van der Waals surface area contributed by atoms with Gasteiger partial charge in [0.15, 0.2) is 11.9 Å². The molecule has 0 N–H and O–H groups in total. The van der Waals surface area contributed by atoms with Crippen LogP contribution in [0.25, 0.3) is 0 Å². The lowest BCUT2D eigenvalue weighted by atomic mass is 10.1. The molecular formula is C18H21N3O4. The van der Waals surface area contributed by atoms with Gasteiger partial charge in [-0.15, -0.1) is 0 Å². The molecule has 1 aromatic heterocycles. The van der Waals surface area contributed by atoms with Gasteiger partial charge in [0.2, 0.25) is 5.91 Å². The smallest absolute Gasteiger partial charge is 0.329 e. The molecule has 2 aromatic rings. The number of amides is 1. The van der Waals surface area contributed by atoms with Gasteiger partial charge < -0.3 is 14.2 Å². The van der Waals surface area contributed by atoms with Crippen LogP contribution in [-0.4, -0.2) is 39.5 Å². The first-order chi connectivity index (χ1) is 12.0. The van der Waals surface area contributed by atoms with Gasteiger partial charge in [-0.1, -0.05) is 35.5 Å². The third kappa shape index (κ3) is 4.04. The SMILES string of the molecule is Cc1noc([C@H](C)OC(=O)[C@H]2CCCN2C(=O)Cc2ccccc2)n1. The largest absolute Gasteiger partial charge is 0.451 e. The van der Waals surface area contributed by atoms with Crippen LogP contribution in [0.15, 0.2) is 34.9 Å². The topological polar surface area (TPSA) is 85.5 Å². The molecule has 1 fully saturated rings. The Hall–Kier alpha value is -2.70. The zero-order valence-electron chi connectivity index (χ0n) is 14.3. The summed E-state index contributed by atoms with van der Waals surface area (Å²) in [4.78, 5) is 30.7. The first kappa shape index (κ1) is 17.1. The van der Waals surface area contributed by atoms with E-state index in [0.29, 0.717) is 18.8 Å². The number of hydrogen-bond acceptors (Lipinski definition) is 6. The lowest BCUT2D eigenvalue weighted by Crippen LogP contribution is -2.42. The van der Waals surface area contributed by atoms with E-state index in [0.717, 1.165) is 12.0 Å². The molecule has 25 heavy (non-hydrogen) atoms. The van der Waals surface area contributed by atoms with E-state index in [4.69, 9.17) is 9.26 Å². The molecule has 1 aromatic carbocycles. The first-order valence-electron chi connectivity index (χ1n) is 8.38. The van der Waals surface area contributed by atoms with Gasteiger partial charge in [-0.2, -0.15) is 4.98 Å². The quantitative estimate of drug-likeness (QED) is 0.774. The first-order valence-corrected chi connectivity index (χ1v) is 8.38. The van der Waals surface area contributed by atoms with Crippen LogP contribution in [0, 0.1) is 6.92 Å². The van der Waals surface area contributed by atoms with Crippen LogP contribution in [-0.2, 0) is 20.7 Å². The highest BCUT2D eigenvalue weighted by Crippen LogP contribution is 2.23. The van der Waals surface area contributed by atoms with Crippen LogP contribution in [0.4, 0.5) is 0 Å². The van der Waals surface area contributed by atoms with Crippen molar-refractivity contribution in [2.75, 3.05) is 6.54 Å². The van der Waals surface area contributed by atoms with Gasteiger partial charge in [-0.3, -0.25) is 4.79 Å². The number of aryl methyl sites for hydroxylation is 1. The third-order valence-corrected chi connectivity index (χ3v) is 4.23. The summed E-state index contributed by atoms with van der Waals surface area (Å²) in [5.41, 5.74) is 0.932. The highest BCUT2D eigenvalue weighted by atomic mass is 16.6. The molecule has 1 aliphatic heterocycles. The average Bonchev–Trinajstić information content (AvgIpc) is 3.24. The molecule has 0 spiro atoms. The van der Waals surface area contributed by atoms with Crippen LogP contribution >= 0.6 is 0 Å². The maximum atomic E-state index is 12.6. The zero-order valence-corrected chi connectivity index (χ0v) is 14.3. The Morgan fingerprint density at radius 2 is 2.12 bits per heavy atom. The summed E-state index contributed by atoms with van der Waals surface area (Å²) in [5.74, 6) is 0.249. The van der Waals surface area contributed by atoms with Crippen molar-refractivity contribution in [3.05, 3.63) is 47.6 Å². The molecule has 0 radical (unpaired) electrons. The number of benzene rings is 1. The number of carbonyl (C=O) groups excluding carboxylic acids is 2. The minimum absolute atomic E-state index is 0.0630. The fourth-order valence-corrected chi connectivity index (χ4v) is 2.96. The van der Waals surface area contributed by atoms with Crippen molar-refractivity contribution in [3.8, 4) is 0 Å². The minimum Gasteiger partial charge on any atom is -0.451 e. The van der Waals surface area contributed by atoms with Crippen molar-refractivity contribution in [2.24, 2.45) is 0 Å². The molecule has 1 amide bonds. The Labute approximate surface area is 146 Å². The number of ether oxygens (including phenoxy) is 1. The van der Waals surface area contributed by atoms with E-state index in [1.807, 2.05) is 30.3 Å². The lowest BCUT2D eigenvalue weighted by molar-refractivity contribution is -0.158. The second-order valence-electron chi connectivity index (χ2n) is 6.17. The highest BCUT2D eigenvalue weighted by Gasteiger charge is 2.36. The summed E-state index contributed by atoms with van der Waals surface area (Å²) >= 11 is 0. The predicted molar refractivity (Wildman–Crippen MR) is 88.4 cm³/mol. The van der Waals surface area contributed by atoms with E-state index in [-0.39, 0.29) is 18.2 Å².